The van der Waals surface area contributed by atoms with Gasteiger partial charge in [0.1, 0.15) is 0 Å². The van der Waals surface area contributed by atoms with E-state index in [2.05, 4.69) is 27.8 Å². The summed E-state index contributed by atoms with van der Waals surface area (Å²) in [6.45, 7) is 5.03. The summed E-state index contributed by atoms with van der Waals surface area (Å²) in [5.74, 6) is 0. The molecule has 1 aliphatic carbocycles. The van der Waals surface area contributed by atoms with E-state index in [0.717, 1.165) is 38.9 Å². The van der Waals surface area contributed by atoms with Gasteiger partial charge in [0.15, 0.2) is 0 Å². The van der Waals surface area contributed by atoms with Crippen molar-refractivity contribution in [2.24, 2.45) is 0 Å². The van der Waals surface area contributed by atoms with Crippen molar-refractivity contribution >= 4 is 0 Å². The Morgan fingerprint density at radius 2 is 2.07 bits per heavy atom. The Hall–Kier alpha value is -0.800. The first-order valence-corrected chi connectivity index (χ1v) is 5.89. The monoisotopic (exact) mass is 206 g/mol. The molecule has 0 spiro atoms. The maximum absolute atomic E-state index is 5.36. The van der Waals surface area contributed by atoms with Gasteiger partial charge in [0.2, 0.25) is 0 Å². The first-order chi connectivity index (χ1) is 7.43. The lowest BCUT2D eigenvalue weighted by atomic mass is 10.3. The summed E-state index contributed by atoms with van der Waals surface area (Å²) in [5.41, 5.74) is 1.47. The van der Waals surface area contributed by atoms with Crippen molar-refractivity contribution in [2.45, 2.75) is 25.4 Å². The van der Waals surface area contributed by atoms with Crippen LogP contribution in [0.25, 0.3) is 0 Å². The molecule has 2 fully saturated rings. The van der Waals surface area contributed by atoms with Crippen molar-refractivity contribution in [1.82, 2.24) is 9.47 Å². The number of aromatic nitrogens is 1. The van der Waals surface area contributed by atoms with Crippen LogP contribution in [0, 0.1) is 0 Å². The van der Waals surface area contributed by atoms with Crippen LogP contribution >= 0.6 is 0 Å². The van der Waals surface area contributed by atoms with Gasteiger partial charge in [-0.05, 0) is 25.0 Å². The molecule has 0 N–H and O–H groups in total. The minimum Gasteiger partial charge on any atom is -0.379 e. The number of ether oxygens (including phenoxy) is 1. The fraction of sp³-hybridized carbons (Fsp3) is 0.667. The molecule has 3 rings (SSSR count). The maximum Gasteiger partial charge on any atom is 0.0594 e. The van der Waals surface area contributed by atoms with E-state index < -0.39 is 0 Å². The summed E-state index contributed by atoms with van der Waals surface area (Å²) >= 11 is 0. The lowest BCUT2D eigenvalue weighted by Gasteiger charge is -2.27. The molecule has 2 heterocycles. The number of morpholine rings is 1. The second-order valence-electron chi connectivity index (χ2n) is 4.53. The van der Waals surface area contributed by atoms with Gasteiger partial charge in [-0.1, -0.05) is 0 Å². The van der Waals surface area contributed by atoms with Crippen molar-refractivity contribution in [3.63, 3.8) is 0 Å². The van der Waals surface area contributed by atoms with E-state index >= 15 is 0 Å². The fourth-order valence-corrected chi connectivity index (χ4v) is 2.26. The van der Waals surface area contributed by atoms with E-state index in [-0.39, 0.29) is 0 Å². The summed E-state index contributed by atoms with van der Waals surface area (Å²) in [6.07, 6.45) is 4.96. The Labute approximate surface area is 90.6 Å². The zero-order valence-electron chi connectivity index (χ0n) is 9.06. The molecule has 0 unspecified atom stereocenters. The standard InChI is InChI=1S/C12H18N2O/c1-2-12(14(5-1)11-3-4-11)10-13-6-8-15-9-7-13/h1-2,5,11H,3-4,6-10H2. The second kappa shape index (κ2) is 3.99. The minimum atomic E-state index is 0.802. The van der Waals surface area contributed by atoms with Crippen LogP contribution in [0.2, 0.25) is 0 Å². The van der Waals surface area contributed by atoms with Crippen LogP contribution in [0.1, 0.15) is 24.6 Å². The summed E-state index contributed by atoms with van der Waals surface area (Å²) < 4.78 is 7.81. The van der Waals surface area contributed by atoms with Crippen LogP contribution in [0.4, 0.5) is 0 Å². The summed E-state index contributed by atoms with van der Waals surface area (Å²) in [7, 11) is 0. The molecule has 15 heavy (non-hydrogen) atoms. The second-order valence-corrected chi connectivity index (χ2v) is 4.53. The number of hydrogen-bond acceptors (Lipinski definition) is 2. The van der Waals surface area contributed by atoms with Crippen LogP contribution in [0.15, 0.2) is 18.3 Å². The minimum absolute atomic E-state index is 0.802. The largest absolute Gasteiger partial charge is 0.379 e. The maximum atomic E-state index is 5.36. The first-order valence-electron chi connectivity index (χ1n) is 5.89. The molecule has 1 saturated heterocycles. The highest BCUT2D eigenvalue weighted by molar-refractivity contribution is 5.10. The van der Waals surface area contributed by atoms with Gasteiger partial charge in [-0.3, -0.25) is 4.90 Å². The average Bonchev–Trinajstić information content (AvgIpc) is 3.02. The highest BCUT2D eigenvalue weighted by Gasteiger charge is 2.25. The molecular weight excluding hydrogens is 188 g/mol. The third-order valence-corrected chi connectivity index (χ3v) is 3.30. The smallest absolute Gasteiger partial charge is 0.0594 e. The Morgan fingerprint density at radius 3 is 2.80 bits per heavy atom. The van der Waals surface area contributed by atoms with Crippen LogP contribution in [0.5, 0.6) is 0 Å². The summed E-state index contributed by atoms with van der Waals surface area (Å²) in [6, 6.07) is 5.23. The van der Waals surface area contributed by atoms with E-state index in [1.165, 1.54) is 18.5 Å². The first kappa shape index (κ1) is 9.43. The molecule has 1 aliphatic heterocycles. The third kappa shape index (κ3) is 2.08. The fourth-order valence-electron chi connectivity index (χ4n) is 2.26. The lowest BCUT2D eigenvalue weighted by molar-refractivity contribution is 0.0332. The quantitative estimate of drug-likeness (QED) is 0.748. The third-order valence-electron chi connectivity index (χ3n) is 3.30. The Bertz CT molecular complexity index is 324. The molecule has 82 valence electrons. The van der Waals surface area contributed by atoms with Gasteiger partial charge in [-0.25, -0.2) is 0 Å². The van der Waals surface area contributed by atoms with Crippen molar-refractivity contribution < 1.29 is 4.74 Å². The van der Waals surface area contributed by atoms with E-state index in [4.69, 9.17) is 4.74 Å². The predicted molar refractivity (Wildman–Crippen MR) is 58.8 cm³/mol. The van der Waals surface area contributed by atoms with Crippen LogP contribution in [0.3, 0.4) is 0 Å². The molecule has 1 aromatic rings. The van der Waals surface area contributed by atoms with Gasteiger partial charge in [-0.2, -0.15) is 0 Å². The number of rotatable bonds is 3. The normalized spacial score (nSPS) is 23.2. The van der Waals surface area contributed by atoms with Crippen molar-refractivity contribution in [3.8, 4) is 0 Å². The van der Waals surface area contributed by atoms with Crippen LogP contribution in [-0.4, -0.2) is 35.8 Å². The van der Waals surface area contributed by atoms with Crippen LogP contribution in [-0.2, 0) is 11.3 Å². The zero-order valence-corrected chi connectivity index (χ0v) is 9.06. The molecule has 2 aliphatic rings. The highest BCUT2D eigenvalue weighted by atomic mass is 16.5. The van der Waals surface area contributed by atoms with E-state index in [1.807, 2.05) is 0 Å². The molecule has 3 heteroatoms. The molecular formula is C12H18N2O. The molecule has 0 radical (unpaired) electrons. The van der Waals surface area contributed by atoms with Gasteiger partial charge in [0.05, 0.1) is 13.2 Å². The molecule has 1 saturated carbocycles. The van der Waals surface area contributed by atoms with Crippen molar-refractivity contribution in [3.05, 3.63) is 24.0 Å². The molecule has 0 aromatic carbocycles. The van der Waals surface area contributed by atoms with Gasteiger partial charge in [-0.15, -0.1) is 0 Å². The number of hydrogen-bond donors (Lipinski definition) is 0. The van der Waals surface area contributed by atoms with E-state index in [9.17, 15) is 0 Å². The van der Waals surface area contributed by atoms with Gasteiger partial charge in [0, 0.05) is 37.6 Å². The average molecular weight is 206 g/mol. The SMILES string of the molecule is c1cc(CN2CCOCC2)n(C2CC2)c1. The van der Waals surface area contributed by atoms with Crippen molar-refractivity contribution in [1.29, 1.82) is 0 Å². The van der Waals surface area contributed by atoms with E-state index in [0.29, 0.717) is 0 Å². The molecule has 0 bridgehead atoms. The Kier molecular flexibility index (Phi) is 2.51. The summed E-state index contributed by atoms with van der Waals surface area (Å²) in [4.78, 5) is 2.48. The highest BCUT2D eigenvalue weighted by Crippen LogP contribution is 2.36. The summed E-state index contributed by atoms with van der Waals surface area (Å²) in [5, 5.41) is 0. The number of nitrogens with zero attached hydrogens (tertiary/aromatic N) is 2. The van der Waals surface area contributed by atoms with Gasteiger partial charge >= 0.3 is 0 Å². The Morgan fingerprint density at radius 1 is 1.27 bits per heavy atom. The topological polar surface area (TPSA) is 17.4 Å². The van der Waals surface area contributed by atoms with Crippen molar-refractivity contribution in [2.75, 3.05) is 26.3 Å². The van der Waals surface area contributed by atoms with Gasteiger partial charge in [0.25, 0.3) is 0 Å². The molecule has 1 aromatic heterocycles. The van der Waals surface area contributed by atoms with Gasteiger partial charge < -0.3 is 9.30 Å². The molecule has 3 nitrogen and oxygen atoms in total. The lowest BCUT2D eigenvalue weighted by Crippen LogP contribution is -2.36. The zero-order chi connectivity index (χ0) is 10.1. The van der Waals surface area contributed by atoms with Crippen LogP contribution < -0.4 is 0 Å². The Balaban J connectivity index is 1.67. The molecule has 0 atom stereocenters. The predicted octanol–water partition coefficient (Wildman–Crippen LogP) is 1.66. The van der Waals surface area contributed by atoms with E-state index in [1.54, 1.807) is 0 Å². The molecule has 0 amide bonds.